The van der Waals surface area contributed by atoms with Crippen LogP contribution in [0, 0.1) is 41.5 Å². The van der Waals surface area contributed by atoms with Crippen molar-refractivity contribution in [2.24, 2.45) is 0 Å². The van der Waals surface area contributed by atoms with E-state index < -0.39 is 36.4 Å². The maximum absolute atomic E-state index is 12.7. The van der Waals surface area contributed by atoms with Crippen molar-refractivity contribution in [3.63, 3.8) is 0 Å². The highest BCUT2D eigenvalue weighted by molar-refractivity contribution is 5.94. The van der Waals surface area contributed by atoms with E-state index in [1.165, 1.54) is 16.7 Å². The summed E-state index contributed by atoms with van der Waals surface area (Å²) in [6.07, 6.45) is -2.72. The highest BCUT2D eigenvalue weighted by atomic mass is 16.4. The van der Waals surface area contributed by atoms with Gasteiger partial charge in [-0.05, 0) is 116 Å². The number of rotatable bonds is 26. The zero-order valence-electron chi connectivity index (χ0n) is 52.2. The molecule has 0 unspecified atom stereocenters. The summed E-state index contributed by atoms with van der Waals surface area (Å²) in [7, 11) is 0. The molecule has 85 heavy (non-hydrogen) atoms. The first kappa shape index (κ1) is 71.2. The number of carbonyl (C=O) groups excluding carboxylic acids is 6. The second-order valence-corrected chi connectivity index (χ2v) is 22.2. The number of anilines is 3. The third-order valence-electron chi connectivity index (χ3n) is 16.0. The number of nitrogens with zero attached hydrogens (tertiary/aromatic N) is 3. The Morgan fingerprint density at radius 1 is 0.365 bits per heavy atom. The van der Waals surface area contributed by atoms with Gasteiger partial charge in [-0.3, -0.25) is 14.4 Å². The minimum atomic E-state index is -2.97. The van der Waals surface area contributed by atoms with Crippen LogP contribution in [-0.2, 0) is 48.4 Å². The summed E-state index contributed by atoms with van der Waals surface area (Å²) in [5.41, 5.74) is 10.4. The Kier molecular flexibility index (Phi) is 29.1. The number of quaternary nitrogens is 3. The lowest BCUT2D eigenvalue weighted by molar-refractivity contribution is -0.930. The fourth-order valence-corrected chi connectivity index (χ4v) is 10.3. The van der Waals surface area contributed by atoms with Crippen LogP contribution in [0.25, 0.3) is 0 Å². The van der Waals surface area contributed by atoms with Gasteiger partial charge in [-0.25, -0.2) is 0 Å². The fraction of sp³-hybridized carbons (Fsp3) is 0.391. The van der Waals surface area contributed by atoms with E-state index in [1.54, 1.807) is 0 Å². The number of carbonyl (C=O) groups is 6. The van der Waals surface area contributed by atoms with Crippen molar-refractivity contribution in [1.82, 2.24) is 0 Å². The molecule has 6 rings (SSSR count). The van der Waals surface area contributed by atoms with Gasteiger partial charge in [-0.1, -0.05) is 146 Å². The Labute approximate surface area is 504 Å². The third-order valence-corrected chi connectivity index (χ3v) is 16.0. The number of aliphatic hydroxyl groups is 1. The predicted octanol–water partition coefficient (Wildman–Crippen LogP) is 7.64. The molecule has 0 atom stereocenters. The minimum Gasteiger partial charge on any atom is -0.550 e. The van der Waals surface area contributed by atoms with Gasteiger partial charge in [-0.15, -0.1) is 0 Å². The molecular formula is C69H92N6O10. The van der Waals surface area contributed by atoms with Gasteiger partial charge in [0.25, 0.3) is 17.7 Å². The first-order valence-corrected chi connectivity index (χ1v) is 29.3. The van der Waals surface area contributed by atoms with Crippen LogP contribution >= 0.6 is 0 Å². The van der Waals surface area contributed by atoms with E-state index >= 15 is 0 Å². The highest BCUT2D eigenvalue weighted by Crippen LogP contribution is 2.24. The van der Waals surface area contributed by atoms with Gasteiger partial charge in [0.05, 0.1) is 45.2 Å². The number of aryl methyl sites for hydroxylation is 6. The van der Waals surface area contributed by atoms with Gasteiger partial charge >= 0.3 is 0 Å². The highest BCUT2D eigenvalue weighted by Gasteiger charge is 2.32. The molecule has 0 heterocycles. The van der Waals surface area contributed by atoms with Crippen LogP contribution in [0.2, 0.25) is 0 Å². The number of hydrogen-bond donors (Lipinski definition) is 4. The molecule has 0 saturated heterocycles. The molecule has 4 N–H and O–H groups in total. The second kappa shape index (κ2) is 34.7. The quantitative estimate of drug-likeness (QED) is 0.0388. The van der Waals surface area contributed by atoms with Crippen LogP contribution < -0.4 is 31.3 Å². The van der Waals surface area contributed by atoms with E-state index in [9.17, 15) is 44.1 Å². The summed E-state index contributed by atoms with van der Waals surface area (Å²) < 4.78 is 2.29. The number of para-hydroxylation sites is 3. The lowest BCUT2D eigenvalue weighted by atomic mass is 9.96. The summed E-state index contributed by atoms with van der Waals surface area (Å²) in [5, 5.41) is 48.3. The number of hydrogen-bond acceptors (Lipinski definition) is 10. The summed E-state index contributed by atoms with van der Waals surface area (Å²) in [6, 6.07) is 49.6. The minimum absolute atomic E-state index is 0.0898. The number of likely N-dealkylation sites (N-methyl/N-ethyl adjacent to an activating group) is 3. The average Bonchev–Trinajstić information content (AvgIpc) is 3.66. The van der Waals surface area contributed by atoms with Gasteiger partial charge in [0.1, 0.15) is 25.2 Å². The van der Waals surface area contributed by atoms with E-state index in [0.717, 1.165) is 123 Å². The molecule has 458 valence electrons. The van der Waals surface area contributed by atoms with Crippen LogP contribution in [0.4, 0.5) is 17.1 Å². The molecule has 0 radical (unpaired) electrons. The van der Waals surface area contributed by atoms with E-state index in [-0.39, 0.29) is 17.7 Å². The average molecular weight is 1170 g/mol. The van der Waals surface area contributed by atoms with Crippen LogP contribution in [0.3, 0.4) is 0 Å². The molecule has 0 spiro atoms. The third kappa shape index (κ3) is 23.2. The molecule has 6 aromatic rings. The molecule has 16 nitrogen and oxygen atoms in total. The van der Waals surface area contributed by atoms with Crippen molar-refractivity contribution in [3.05, 3.63) is 196 Å². The largest absolute Gasteiger partial charge is 0.550 e. The molecule has 0 aromatic heterocycles. The van der Waals surface area contributed by atoms with Crippen molar-refractivity contribution >= 4 is 52.7 Å². The molecule has 0 aliphatic rings. The van der Waals surface area contributed by atoms with Crippen molar-refractivity contribution in [1.29, 1.82) is 0 Å². The van der Waals surface area contributed by atoms with Crippen molar-refractivity contribution in [2.75, 3.05) is 74.9 Å². The number of carboxylic acids is 3. The van der Waals surface area contributed by atoms with E-state index in [0.29, 0.717) is 19.6 Å². The molecule has 3 amide bonds. The number of carboxylic acid groups (broad SMARTS) is 3. The van der Waals surface area contributed by atoms with Crippen LogP contribution in [0.15, 0.2) is 146 Å². The van der Waals surface area contributed by atoms with Gasteiger partial charge in [0.2, 0.25) is 0 Å². The summed E-state index contributed by atoms with van der Waals surface area (Å²) in [5.74, 6) is -5.71. The first-order chi connectivity index (χ1) is 40.3. The van der Waals surface area contributed by atoms with Crippen molar-refractivity contribution in [3.8, 4) is 0 Å². The summed E-state index contributed by atoms with van der Waals surface area (Å²) in [4.78, 5) is 68.1. The van der Waals surface area contributed by atoms with E-state index in [1.807, 2.05) is 114 Å². The molecule has 0 bridgehead atoms. The van der Waals surface area contributed by atoms with Gasteiger partial charge in [0, 0.05) is 58.5 Å². The fourth-order valence-electron chi connectivity index (χ4n) is 10.3. The first-order valence-electron chi connectivity index (χ1n) is 29.3. The zero-order valence-corrected chi connectivity index (χ0v) is 52.2. The smallest absolute Gasteiger partial charge is 0.279 e. The lowest BCUT2D eigenvalue weighted by Gasteiger charge is -2.36. The lowest BCUT2D eigenvalue weighted by Crippen LogP contribution is -2.54. The SMILES string of the molecule is CC[N+](CC)(CC(=O)Nc1c(C)cccc1C)Cc1ccccc1.CC[N+](CC)(CC(=O)Nc1c(C)cccc1C)Cc1ccccc1.CC[N+](CC)(CC(=O)Nc1c(C)cccc1C)Cc1ccccc1.O=C([O-])CC(O)(CC(=O)[O-])C(=O)[O-]. The maximum Gasteiger partial charge on any atom is 0.279 e. The predicted molar refractivity (Wildman–Crippen MR) is 332 cm³/mol. The molecule has 0 aliphatic heterocycles. The van der Waals surface area contributed by atoms with E-state index in [4.69, 9.17) is 5.11 Å². The van der Waals surface area contributed by atoms with Crippen molar-refractivity contribution < 1.29 is 62.6 Å². The second-order valence-electron chi connectivity index (χ2n) is 22.2. The number of benzene rings is 6. The Hall–Kier alpha value is -8.02. The van der Waals surface area contributed by atoms with Crippen LogP contribution in [0.1, 0.15) is 104 Å². The van der Waals surface area contributed by atoms with Gasteiger partial charge < -0.3 is 64.2 Å². The van der Waals surface area contributed by atoms with E-state index in [2.05, 4.69) is 130 Å². The molecule has 0 aliphatic carbocycles. The van der Waals surface area contributed by atoms with Crippen LogP contribution in [0.5, 0.6) is 0 Å². The number of amides is 3. The van der Waals surface area contributed by atoms with Gasteiger partial charge in [-0.2, -0.15) is 0 Å². The monoisotopic (exact) mass is 1160 g/mol. The van der Waals surface area contributed by atoms with Gasteiger partial charge in [0.15, 0.2) is 19.6 Å². The van der Waals surface area contributed by atoms with Crippen molar-refractivity contribution in [2.45, 2.75) is 121 Å². The molecule has 0 saturated carbocycles. The molecular weight excluding hydrogens is 1070 g/mol. The molecule has 16 heteroatoms. The number of aliphatic carboxylic acids is 3. The Morgan fingerprint density at radius 3 is 0.753 bits per heavy atom. The summed E-state index contributed by atoms with van der Waals surface area (Å²) >= 11 is 0. The topological polar surface area (TPSA) is 228 Å². The Bertz CT molecular complexity index is 2720. The Morgan fingerprint density at radius 2 is 0.576 bits per heavy atom. The molecule has 0 fully saturated rings. The molecule has 6 aromatic carbocycles. The standard InChI is InChI=1S/3C21H28N2O.C6H8O7/c3*1-5-23(6-2,15-19-13-8-7-9-14-19)16-20(24)22-21-17(3)11-10-12-18(21)4;7-3(8)1-6(13,5(11)12)2-4(9)10/h3*7-14H,5-6,15-16H2,1-4H3;13H,1-2H2,(H,7,8)(H,9,10)(H,11,12). The number of nitrogens with one attached hydrogen (secondary N) is 3. The normalized spacial score (nSPS) is 11.3. The summed E-state index contributed by atoms with van der Waals surface area (Å²) in [6.45, 7) is 35.0. The maximum atomic E-state index is 12.7. The van der Waals surface area contributed by atoms with Crippen LogP contribution in [-0.4, -0.2) is 119 Å². The zero-order chi connectivity index (χ0) is 63.4. The Balaban J connectivity index is 0.000000304.